The number of nitrogens with zero attached hydrogens (tertiary/aromatic N) is 4. The lowest BCUT2D eigenvalue weighted by atomic mass is 10.1. The molecule has 3 aromatic rings. The molecule has 0 aliphatic carbocycles. The molecule has 8 nitrogen and oxygen atoms in total. The molecule has 0 spiro atoms. The number of benzene rings is 2. The first kappa shape index (κ1) is 20.4. The highest BCUT2D eigenvalue weighted by Gasteiger charge is 2.13. The summed E-state index contributed by atoms with van der Waals surface area (Å²) < 4.78 is 7.60. The Morgan fingerprint density at radius 3 is 2.79 bits per heavy atom. The quantitative estimate of drug-likeness (QED) is 0.267. The minimum atomic E-state index is -0.386. The van der Waals surface area contributed by atoms with Crippen LogP contribution in [-0.2, 0) is 13.0 Å². The molecule has 0 saturated carbocycles. The molecular weight excluding hydrogens is 390 g/mol. The summed E-state index contributed by atoms with van der Waals surface area (Å²) in [6, 6.07) is 10.9. The zero-order valence-corrected chi connectivity index (χ0v) is 17.2. The minimum absolute atomic E-state index is 0.0747. The number of aromatic amines is 1. The van der Waals surface area contributed by atoms with Crippen LogP contribution in [0.4, 0.5) is 5.69 Å². The van der Waals surface area contributed by atoms with Gasteiger partial charge in [0.2, 0.25) is 4.77 Å². The molecule has 0 fully saturated rings. The number of aryl methyl sites for hydroxylation is 3. The third kappa shape index (κ3) is 4.75. The van der Waals surface area contributed by atoms with Crippen molar-refractivity contribution >= 4 is 24.1 Å². The monoisotopic (exact) mass is 411 g/mol. The van der Waals surface area contributed by atoms with E-state index < -0.39 is 0 Å². The molecule has 0 aliphatic heterocycles. The fraction of sp³-hybridized carbons (Fsp3) is 0.250. The van der Waals surface area contributed by atoms with Crippen molar-refractivity contribution in [3.8, 4) is 5.75 Å². The third-order valence-electron chi connectivity index (χ3n) is 4.41. The zero-order chi connectivity index (χ0) is 21.0. The van der Waals surface area contributed by atoms with E-state index in [0.717, 1.165) is 16.9 Å². The van der Waals surface area contributed by atoms with Crippen molar-refractivity contribution in [1.29, 1.82) is 0 Å². The molecule has 0 atom stereocenters. The Kier molecular flexibility index (Phi) is 6.18. The lowest BCUT2D eigenvalue weighted by Crippen LogP contribution is -2.05. The van der Waals surface area contributed by atoms with E-state index in [1.54, 1.807) is 12.1 Å². The van der Waals surface area contributed by atoms with Gasteiger partial charge in [-0.15, -0.1) is 0 Å². The first-order chi connectivity index (χ1) is 13.9. The van der Waals surface area contributed by atoms with E-state index in [1.807, 2.05) is 39.0 Å². The predicted octanol–water partition coefficient (Wildman–Crippen LogP) is 4.49. The number of hydrogen-bond donors (Lipinski definition) is 1. The van der Waals surface area contributed by atoms with Gasteiger partial charge in [-0.3, -0.25) is 10.1 Å². The summed E-state index contributed by atoms with van der Waals surface area (Å²) in [7, 11) is 0. The van der Waals surface area contributed by atoms with Crippen LogP contribution in [0.3, 0.4) is 0 Å². The van der Waals surface area contributed by atoms with E-state index in [1.165, 1.54) is 17.0 Å². The summed E-state index contributed by atoms with van der Waals surface area (Å²) in [4.78, 5) is 10.9. The van der Waals surface area contributed by atoms with Gasteiger partial charge in [0, 0.05) is 17.2 Å². The summed E-state index contributed by atoms with van der Waals surface area (Å²) in [5.74, 6) is 1.25. The fourth-order valence-corrected chi connectivity index (χ4v) is 3.09. The second-order valence-electron chi connectivity index (χ2n) is 6.56. The van der Waals surface area contributed by atoms with Crippen LogP contribution >= 0.6 is 12.2 Å². The first-order valence-corrected chi connectivity index (χ1v) is 9.48. The smallest absolute Gasteiger partial charge is 0.273 e. The van der Waals surface area contributed by atoms with Gasteiger partial charge in [-0.05, 0) is 44.1 Å². The maximum Gasteiger partial charge on any atom is 0.273 e. The zero-order valence-electron chi connectivity index (χ0n) is 16.4. The Bertz CT molecular complexity index is 1130. The summed E-state index contributed by atoms with van der Waals surface area (Å²) in [5.41, 5.74) is 3.53. The topological polar surface area (TPSA) is 98.3 Å². The van der Waals surface area contributed by atoms with E-state index in [0.29, 0.717) is 28.1 Å². The lowest BCUT2D eigenvalue weighted by Gasteiger charge is -2.09. The molecule has 150 valence electrons. The number of nitrogens with one attached hydrogen (secondary N) is 1. The van der Waals surface area contributed by atoms with Gasteiger partial charge in [-0.25, -0.2) is 5.10 Å². The molecule has 2 aromatic carbocycles. The van der Waals surface area contributed by atoms with Gasteiger partial charge in [-0.1, -0.05) is 36.8 Å². The Hall–Kier alpha value is -3.33. The van der Waals surface area contributed by atoms with Crippen molar-refractivity contribution in [3.63, 3.8) is 0 Å². The van der Waals surface area contributed by atoms with Crippen LogP contribution in [0, 0.1) is 28.7 Å². The molecular formula is C20H21N5O3S. The van der Waals surface area contributed by atoms with Crippen LogP contribution in [0.5, 0.6) is 5.75 Å². The number of nitro benzene ring substituents is 1. The second kappa shape index (κ2) is 8.78. The third-order valence-corrected chi connectivity index (χ3v) is 4.68. The number of aromatic nitrogens is 3. The normalized spacial score (nSPS) is 11.1. The number of hydrogen-bond acceptors (Lipinski definition) is 6. The summed E-state index contributed by atoms with van der Waals surface area (Å²) >= 11 is 5.24. The van der Waals surface area contributed by atoms with Crippen molar-refractivity contribution in [1.82, 2.24) is 14.9 Å². The maximum absolute atomic E-state index is 11.3. The predicted molar refractivity (Wildman–Crippen MR) is 113 cm³/mol. The molecule has 29 heavy (non-hydrogen) atoms. The van der Waals surface area contributed by atoms with Crippen molar-refractivity contribution in [2.45, 2.75) is 33.8 Å². The van der Waals surface area contributed by atoms with E-state index in [-0.39, 0.29) is 17.2 Å². The number of H-pyrrole nitrogens is 1. The van der Waals surface area contributed by atoms with Crippen LogP contribution in [0.15, 0.2) is 41.5 Å². The van der Waals surface area contributed by atoms with E-state index in [4.69, 9.17) is 17.0 Å². The molecule has 0 saturated heterocycles. The van der Waals surface area contributed by atoms with Crippen LogP contribution in [-0.4, -0.2) is 26.0 Å². The van der Waals surface area contributed by atoms with Crippen molar-refractivity contribution in [3.05, 3.63) is 79.4 Å². The van der Waals surface area contributed by atoms with Gasteiger partial charge in [0.25, 0.3) is 5.69 Å². The van der Waals surface area contributed by atoms with Crippen LogP contribution < -0.4 is 4.74 Å². The molecule has 0 radical (unpaired) electrons. The van der Waals surface area contributed by atoms with E-state index in [2.05, 4.69) is 15.3 Å². The highest BCUT2D eigenvalue weighted by molar-refractivity contribution is 7.71. The van der Waals surface area contributed by atoms with Crippen molar-refractivity contribution in [2.24, 2.45) is 5.10 Å². The molecule has 0 unspecified atom stereocenters. The van der Waals surface area contributed by atoms with Gasteiger partial charge < -0.3 is 4.74 Å². The van der Waals surface area contributed by atoms with E-state index >= 15 is 0 Å². The number of rotatable bonds is 7. The molecule has 0 aliphatic rings. The molecule has 9 heteroatoms. The maximum atomic E-state index is 11.3. The summed E-state index contributed by atoms with van der Waals surface area (Å²) in [6.07, 6.45) is 2.10. The lowest BCUT2D eigenvalue weighted by molar-refractivity contribution is -0.385. The highest BCUT2D eigenvalue weighted by Crippen LogP contribution is 2.21. The Morgan fingerprint density at radius 2 is 2.10 bits per heavy atom. The van der Waals surface area contributed by atoms with Crippen LogP contribution in [0.25, 0.3) is 0 Å². The van der Waals surface area contributed by atoms with Gasteiger partial charge in [0.05, 0.1) is 11.1 Å². The van der Waals surface area contributed by atoms with E-state index in [9.17, 15) is 10.1 Å². The highest BCUT2D eigenvalue weighted by atomic mass is 32.1. The molecule has 1 N–H and O–H groups in total. The number of nitro groups is 1. The van der Waals surface area contributed by atoms with Gasteiger partial charge >= 0.3 is 0 Å². The molecule has 0 amide bonds. The molecule has 0 bridgehead atoms. The molecule has 1 aromatic heterocycles. The number of ether oxygens (including phenoxy) is 1. The average molecular weight is 411 g/mol. The van der Waals surface area contributed by atoms with Gasteiger partial charge in [0.15, 0.2) is 5.82 Å². The van der Waals surface area contributed by atoms with Crippen molar-refractivity contribution in [2.75, 3.05) is 0 Å². The SMILES string of the molecule is CCc1ccc(/C=N\n2c(COc3ccc(C)cc3C)n[nH]c2=S)cc1[N+](=O)[O-]. The molecule has 1 heterocycles. The second-order valence-corrected chi connectivity index (χ2v) is 6.94. The first-order valence-electron chi connectivity index (χ1n) is 9.07. The van der Waals surface area contributed by atoms with Crippen molar-refractivity contribution < 1.29 is 9.66 Å². The minimum Gasteiger partial charge on any atom is -0.485 e. The Morgan fingerprint density at radius 1 is 1.31 bits per heavy atom. The van der Waals surface area contributed by atoms with Crippen LogP contribution in [0.1, 0.15) is 35.0 Å². The Balaban J connectivity index is 1.82. The average Bonchev–Trinajstić information content (AvgIpc) is 3.05. The fourth-order valence-electron chi connectivity index (χ4n) is 2.89. The summed E-state index contributed by atoms with van der Waals surface area (Å²) in [6.45, 7) is 6.05. The van der Waals surface area contributed by atoms with Gasteiger partial charge in [0.1, 0.15) is 12.4 Å². The summed E-state index contributed by atoms with van der Waals surface area (Å²) in [5, 5.41) is 22.4. The largest absolute Gasteiger partial charge is 0.485 e. The van der Waals surface area contributed by atoms with Gasteiger partial charge in [-0.2, -0.15) is 14.9 Å². The Labute approximate surface area is 173 Å². The van der Waals surface area contributed by atoms with Crippen LogP contribution in [0.2, 0.25) is 0 Å². The molecule has 3 rings (SSSR count). The standard InChI is InChI=1S/C20H21N5O3S/c1-4-16-7-6-15(10-17(16)25(26)27)11-21-24-19(22-23-20(24)29)12-28-18-8-5-13(2)9-14(18)3/h5-11H,4,12H2,1-3H3,(H,23,29)/b21-11-.